The first-order chi connectivity index (χ1) is 16.8. The lowest BCUT2D eigenvalue weighted by atomic mass is 10.2. The Labute approximate surface area is 205 Å². The predicted molar refractivity (Wildman–Crippen MR) is 135 cm³/mol. The maximum atomic E-state index is 13.2. The van der Waals surface area contributed by atoms with Crippen molar-refractivity contribution in [3.8, 4) is 0 Å². The molecule has 1 aliphatic heterocycles. The lowest BCUT2D eigenvalue weighted by Crippen LogP contribution is -2.35. The van der Waals surface area contributed by atoms with E-state index in [9.17, 15) is 18.0 Å². The van der Waals surface area contributed by atoms with E-state index in [1.54, 1.807) is 17.0 Å². The van der Waals surface area contributed by atoms with Crippen LogP contribution in [0.3, 0.4) is 0 Å². The predicted octanol–water partition coefficient (Wildman–Crippen LogP) is 2.78. The van der Waals surface area contributed by atoms with Crippen molar-refractivity contribution in [2.24, 2.45) is 0 Å². The third-order valence-corrected chi connectivity index (χ3v) is 7.82. The number of anilines is 2. The number of aromatic nitrogens is 2. The summed E-state index contributed by atoms with van der Waals surface area (Å²) in [5.41, 5.74) is 1.60. The number of piperidine rings is 1. The molecule has 9 nitrogen and oxygen atoms in total. The van der Waals surface area contributed by atoms with Crippen LogP contribution in [0.25, 0.3) is 0 Å². The SMILES string of the molecule is CN(C)c1ccc(S(=O)(=O)N2CCCCC2)cc1NC(=O)c1ccc(=O)n(Cc2ccccc2)n1. The van der Waals surface area contributed by atoms with Gasteiger partial charge in [0.25, 0.3) is 11.5 Å². The molecule has 184 valence electrons. The highest BCUT2D eigenvalue weighted by Gasteiger charge is 2.27. The Kier molecular flexibility index (Phi) is 7.32. The van der Waals surface area contributed by atoms with E-state index in [-0.39, 0.29) is 22.7 Å². The van der Waals surface area contributed by atoms with Crippen LogP contribution in [-0.4, -0.2) is 55.6 Å². The molecular formula is C25H29N5O4S. The normalized spacial score (nSPS) is 14.5. The average molecular weight is 496 g/mol. The smallest absolute Gasteiger partial charge is 0.276 e. The Morgan fingerprint density at radius 1 is 1.00 bits per heavy atom. The van der Waals surface area contributed by atoms with Gasteiger partial charge in [0.05, 0.1) is 22.8 Å². The Balaban J connectivity index is 1.62. The van der Waals surface area contributed by atoms with Gasteiger partial charge < -0.3 is 10.2 Å². The maximum Gasteiger partial charge on any atom is 0.276 e. The molecule has 0 aliphatic carbocycles. The number of rotatable bonds is 7. The maximum absolute atomic E-state index is 13.2. The molecule has 1 N–H and O–H groups in total. The van der Waals surface area contributed by atoms with Gasteiger partial charge in [-0.2, -0.15) is 9.40 Å². The molecular weight excluding hydrogens is 466 g/mol. The van der Waals surface area contributed by atoms with Crippen molar-refractivity contribution in [3.05, 3.63) is 82.3 Å². The molecule has 4 rings (SSSR count). The fourth-order valence-corrected chi connectivity index (χ4v) is 5.59. The van der Waals surface area contributed by atoms with E-state index in [2.05, 4.69) is 10.4 Å². The topological polar surface area (TPSA) is 105 Å². The van der Waals surface area contributed by atoms with Gasteiger partial charge in [0.2, 0.25) is 10.0 Å². The second kappa shape index (κ2) is 10.4. The standard InChI is InChI=1S/C25H29N5O4S/c1-28(2)23-13-11-20(35(33,34)29-15-7-4-8-16-29)17-22(23)26-25(32)21-12-14-24(31)30(27-21)18-19-9-5-3-6-10-19/h3,5-6,9-14,17H,4,7-8,15-16,18H2,1-2H3,(H,26,32). The van der Waals surface area contributed by atoms with Crippen LogP contribution in [0.4, 0.5) is 11.4 Å². The molecule has 1 amide bonds. The summed E-state index contributed by atoms with van der Waals surface area (Å²) < 4.78 is 29.1. The Morgan fingerprint density at radius 3 is 2.40 bits per heavy atom. The third-order valence-electron chi connectivity index (χ3n) is 5.93. The molecule has 0 unspecified atom stereocenters. The van der Waals surface area contributed by atoms with Crippen molar-refractivity contribution in [3.63, 3.8) is 0 Å². The minimum Gasteiger partial charge on any atom is -0.376 e. The highest BCUT2D eigenvalue weighted by molar-refractivity contribution is 7.89. The molecule has 1 fully saturated rings. The van der Waals surface area contributed by atoms with Gasteiger partial charge in [0, 0.05) is 33.3 Å². The van der Waals surface area contributed by atoms with E-state index < -0.39 is 15.9 Å². The Hall–Kier alpha value is -3.50. The van der Waals surface area contributed by atoms with Gasteiger partial charge in [-0.3, -0.25) is 9.59 Å². The molecule has 0 spiro atoms. The molecule has 3 aromatic rings. The fraction of sp³-hybridized carbons (Fsp3) is 0.320. The molecule has 0 bridgehead atoms. The summed E-state index contributed by atoms with van der Waals surface area (Å²) in [6.07, 6.45) is 2.69. The van der Waals surface area contributed by atoms with E-state index in [0.717, 1.165) is 24.8 Å². The van der Waals surface area contributed by atoms with Crippen LogP contribution >= 0.6 is 0 Å². The minimum atomic E-state index is -3.67. The second-order valence-electron chi connectivity index (χ2n) is 8.69. The van der Waals surface area contributed by atoms with E-state index in [1.165, 1.54) is 27.2 Å². The highest BCUT2D eigenvalue weighted by Crippen LogP contribution is 2.30. The summed E-state index contributed by atoms with van der Waals surface area (Å²) in [6.45, 7) is 1.21. The van der Waals surface area contributed by atoms with Crippen molar-refractivity contribution in [2.75, 3.05) is 37.4 Å². The number of carbonyl (C=O) groups excluding carboxylic acids is 1. The monoisotopic (exact) mass is 495 g/mol. The number of sulfonamides is 1. The highest BCUT2D eigenvalue weighted by atomic mass is 32.2. The molecule has 0 radical (unpaired) electrons. The van der Waals surface area contributed by atoms with E-state index >= 15 is 0 Å². The van der Waals surface area contributed by atoms with Gasteiger partial charge >= 0.3 is 0 Å². The lowest BCUT2D eigenvalue weighted by Gasteiger charge is -2.26. The zero-order valence-electron chi connectivity index (χ0n) is 19.8. The molecule has 0 atom stereocenters. The van der Waals surface area contributed by atoms with Crippen LogP contribution in [-0.2, 0) is 16.6 Å². The quantitative estimate of drug-likeness (QED) is 0.541. The first-order valence-electron chi connectivity index (χ1n) is 11.5. The molecule has 0 saturated carbocycles. The molecule has 10 heteroatoms. The molecule has 2 aromatic carbocycles. The fourth-order valence-electron chi connectivity index (χ4n) is 4.05. The number of hydrogen-bond donors (Lipinski definition) is 1. The van der Waals surface area contributed by atoms with Gasteiger partial charge in [-0.05, 0) is 42.7 Å². The zero-order chi connectivity index (χ0) is 25.0. The van der Waals surface area contributed by atoms with Crippen molar-refractivity contribution in [1.29, 1.82) is 0 Å². The van der Waals surface area contributed by atoms with Crippen LogP contribution in [0.1, 0.15) is 35.3 Å². The van der Waals surface area contributed by atoms with Crippen LogP contribution in [0.5, 0.6) is 0 Å². The van der Waals surface area contributed by atoms with Crippen molar-refractivity contribution >= 4 is 27.3 Å². The van der Waals surface area contributed by atoms with Crippen molar-refractivity contribution in [1.82, 2.24) is 14.1 Å². The van der Waals surface area contributed by atoms with Crippen molar-refractivity contribution in [2.45, 2.75) is 30.7 Å². The largest absolute Gasteiger partial charge is 0.376 e. The lowest BCUT2D eigenvalue weighted by molar-refractivity contribution is 0.102. The number of amides is 1. The molecule has 2 heterocycles. The summed E-state index contributed by atoms with van der Waals surface area (Å²) >= 11 is 0. The van der Waals surface area contributed by atoms with Crippen LogP contribution in [0.15, 0.2) is 70.4 Å². The van der Waals surface area contributed by atoms with E-state index in [1.807, 2.05) is 44.4 Å². The number of benzene rings is 2. The van der Waals surface area contributed by atoms with Gasteiger partial charge in [-0.15, -0.1) is 0 Å². The molecule has 1 aliphatic rings. The Bertz CT molecular complexity index is 1360. The molecule has 35 heavy (non-hydrogen) atoms. The van der Waals surface area contributed by atoms with Gasteiger partial charge in [-0.25, -0.2) is 13.1 Å². The first kappa shape index (κ1) is 24.6. The Morgan fingerprint density at radius 2 is 1.71 bits per heavy atom. The summed E-state index contributed by atoms with van der Waals surface area (Å²) in [7, 11) is -0.0566. The summed E-state index contributed by atoms with van der Waals surface area (Å²) in [5, 5.41) is 7.03. The molecule has 1 aromatic heterocycles. The number of nitrogens with one attached hydrogen (secondary N) is 1. The van der Waals surface area contributed by atoms with Crippen LogP contribution < -0.4 is 15.8 Å². The average Bonchev–Trinajstić information content (AvgIpc) is 2.86. The second-order valence-corrected chi connectivity index (χ2v) is 10.6. The van der Waals surface area contributed by atoms with Gasteiger partial charge in [-0.1, -0.05) is 36.8 Å². The summed E-state index contributed by atoms with van der Waals surface area (Å²) in [4.78, 5) is 27.3. The third kappa shape index (κ3) is 5.60. The van der Waals surface area contributed by atoms with Crippen LogP contribution in [0, 0.1) is 0 Å². The van der Waals surface area contributed by atoms with Crippen molar-refractivity contribution < 1.29 is 13.2 Å². The first-order valence-corrected chi connectivity index (χ1v) is 12.9. The molecule has 1 saturated heterocycles. The minimum absolute atomic E-state index is 0.0505. The van der Waals surface area contributed by atoms with Crippen LogP contribution in [0.2, 0.25) is 0 Å². The number of hydrogen-bond acceptors (Lipinski definition) is 6. The van der Waals surface area contributed by atoms with Gasteiger partial charge in [0.15, 0.2) is 0 Å². The van der Waals surface area contributed by atoms with Gasteiger partial charge in [0.1, 0.15) is 5.69 Å². The zero-order valence-corrected chi connectivity index (χ0v) is 20.7. The number of carbonyl (C=O) groups is 1. The summed E-state index contributed by atoms with van der Waals surface area (Å²) in [6, 6.07) is 16.7. The summed E-state index contributed by atoms with van der Waals surface area (Å²) in [5.74, 6) is -0.539. The number of nitrogens with zero attached hydrogens (tertiary/aromatic N) is 4. The van der Waals surface area contributed by atoms with E-state index in [4.69, 9.17) is 0 Å². The van der Waals surface area contributed by atoms with E-state index in [0.29, 0.717) is 24.5 Å².